The first-order valence-corrected chi connectivity index (χ1v) is 7.68. The number of likely N-dealkylation sites (tertiary alicyclic amines) is 1. The van der Waals surface area contributed by atoms with Gasteiger partial charge in [-0.25, -0.2) is 0 Å². The number of halogens is 3. The molecule has 1 aromatic carbocycles. The van der Waals surface area contributed by atoms with E-state index >= 15 is 0 Å². The van der Waals surface area contributed by atoms with Crippen molar-refractivity contribution in [2.75, 3.05) is 26.7 Å². The van der Waals surface area contributed by atoms with Gasteiger partial charge in [-0.15, -0.1) is 12.4 Å². The number of benzene rings is 1. The summed E-state index contributed by atoms with van der Waals surface area (Å²) in [5, 5.41) is 3.78. The Morgan fingerprint density at radius 2 is 2.30 bits per heavy atom. The summed E-state index contributed by atoms with van der Waals surface area (Å²) in [7, 11) is 1.95. The van der Waals surface area contributed by atoms with Gasteiger partial charge in [0, 0.05) is 22.6 Å². The molecule has 1 heterocycles. The molecule has 0 bridgehead atoms. The minimum atomic E-state index is 0. The SMILES string of the molecule is CNCC1CCCN(C(=O)c2cc(Cl)ccc2Br)C1.Cl. The van der Waals surface area contributed by atoms with Gasteiger partial charge in [0.2, 0.25) is 0 Å². The molecular formula is C14H19BrCl2N2O. The quantitative estimate of drug-likeness (QED) is 0.867. The molecule has 1 atom stereocenters. The highest BCUT2D eigenvalue weighted by molar-refractivity contribution is 9.10. The standard InChI is InChI=1S/C14H18BrClN2O.ClH/c1-17-8-10-3-2-6-18(9-10)14(19)12-7-11(16)4-5-13(12)15;/h4-5,7,10,17H,2-3,6,8-9H2,1H3;1H. The van der Waals surface area contributed by atoms with E-state index in [2.05, 4.69) is 21.2 Å². The van der Waals surface area contributed by atoms with E-state index in [0.717, 1.165) is 30.5 Å². The van der Waals surface area contributed by atoms with Gasteiger partial charge in [-0.2, -0.15) is 0 Å². The fourth-order valence-corrected chi connectivity index (χ4v) is 3.12. The van der Waals surface area contributed by atoms with E-state index < -0.39 is 0 Å². The Hall–Kier alpha value is -0.290. The molecule has 1 fully saturated rings. The average molecular weight is 382 g/mol. The van der Waals surface area contributed by atoms with Crippen molar-refractivity contribution in [1.82, 2.24) is 10.2 Å². The zero-order valence-corrected chi connectivity index (χ0v) is 14.5. The zero-order valence-electron chi connectivity index (χ0n) is 11.4. The highest BCUT2D eigenvalue weighted by Crippen LogP contribution is 2.25. The molecule has 2 rings (SSSR count). The molecule has 0 saturated carbocycles. The van der Waals surface area contributed by atoms with E-state index in [1.165, 1.54) is 6.42 Å². The molecule has 3 nitrogen and oxygen atoms in total. The van der Waals surface area contributed by atoms with Crippen molar-refractivity contribution in [3.8, 4) is 0 Å². The maximum Gasteiger partial charge on any atom is 0.255 e. The topological polar surface area (TPSA) is 32.3 Å². The van der Waals surface area contributed by atoms with Crippen molar-refractivity contribution in [2.24, 2.45) is 5.92 Å². The van der Waals surface area contributed by atoms with Crippen LogP contribution in [0.25, 0.3) is 0 Å². The molecule has 0 spiro atoms. The smallest absolute Gasteiger partial charge is 0.255 e. The van der Waals surface area contributed by atoms with E-state index in [-0.39, 0.29) is 18.3 Å². The molecule has 0 radical (unpaired) electrons. The first kappa shape index (κ1) is 17.8. The molecule has 1 aromatic rings. The van der Waals surface area contributed by atoms with E-state index in [9.17, 15) is 4.79 Å². The second-order valence-electron chi connectivity index (χ2n) is 4.94. The minimum absolute atomic E-state index is 0. The van der Waals surface area contributed by atoms with Crippen LogP contribution in [0.15, 0.2) is 22.7 Å². The van der Waals surface area contributed by atoms with Gasteiger partial charge in [0.05, 0.1) is 5.56 Å². The van der Waals surface area contributed by atoms with Crippen LogP contribution in [0.3, 0.4) is 0 Å². The van der Waals surface area contributed by atoms with Crippen LogP contribution >= 0.6 is 39.9 Å². The lowest BCUT2D eigenvalue weighted by Crippen LogP contribution is -2.42. The highest BCUT2D eigenvalue weighted by Gasteiger charge is 2.25. The summed E-state index contributed by atoms with van der Waals surface area (Å²) in [6, 6.07) is 5.34. The summed E-state index contributed by atoms with van der Waals surface area (Å²) in [5.41, 5.74) is 0.651. The number of carbonyl (C=O) groups excluding carboxylic acids is 1. The van der Waals surface area contributed by atoms with Crippen LogP contribution in [0, 0.1) is 5.92 Å². The lowest BCUT2D eigenvalue weighted by Gasteiger charge is -2.33. The molecule has 0 aliphatic carbocycles. The molecule has 1 unspecified atom stereocenters. The van der Waals surface area contributed by atoms with Crippen LogP contribution in [0.5, 0.6) is 0 Å². The third kappa shape index (κ3) is 4.35. The van der Waals surface area contributed by atoms with Gasteiger partial charge >= 0.3 is 0 Å². The van der Waals surface area contributed by atoms with Crippen molar-refractivity contribution in [3.63, 3.8) is 0 Å². The summed E-state index contributed by atoms with van der Waals surface area (Å²) in [6.45, 7) is 2.61. The Balaban J connectivity index is 0.00000200. The van der Waals surface area contributed by atoms with Crippen molar-refractivity contribution in [3.05, 3.63) is 33.3 Å². The number of rotatable bonds is 3. The molecule has 20 heavy (non-hydrogen) atoms. The Kier molecular flexibility index (Phi) is 7.30. The first-order chi connectivity index (χ1) is 9.11. The molecular weight excluding hydrogens is 363 g/mol. The van der Waals surface area contributed by atoms with Crippen LogP contribution in [0.4, 0.5) is 0 Å². The monoisotopic (exact) mass is 380 g/mol. The number of piperidine rings is 1. The maximum absolute atomic E-state index is 12.5. The summed E-state index contributed by atoms with van der Waals surface area (Å²) >= 11 is 9.40. The molecule has 1 N–H and O–H groups in total. The maximum atomic E-state index is 12.5. The second kappa shape index (κ2) is 8.23. The molecule has 1 amide bonds. The Morgan fingerprint density at radius 3 is 3.00 bits per heavy atom. The largest absolute Gasteiger partial charge is 0.338 e. The number of nitrogens with zero attached hydrogens (tertiary/aromatic N) is 1. The fraction of sp³-hybridized carbons (Fsp3) is 0.500. The number of carbonyl (C=O) groups is 1. The predicted molar refractivity (Wildman–Crippen MR) is 89.0 cm³/mol. The molecule has 1 saturated heterocycles. The van der Waals surface area contributed by atoms with Gasteiger partial charge in [-0.05, 0) is 66.5 Å². The number of hydrogen-bond acceptors (Lipinski definition) is 2. The third-order valence-corrected chi connectivity index (χ3v) is 4.38. The number of nitrogens with one attached hydrogen (secondary N) is 1. The van der Waals surface area contributed by atoms with E-state index in [4.69, 9.17) is 11.6 Å². The van der Waals surface area contributed by atoms with E-state index in [1.807, 2.05) is 18.0 Å². The number of amides is 1. The summed E-state index contributed by atoms with van der Waals surface area (Å²) in [6.07, 6.45) is 2.25. The first-order valence-electron chi connectivity index (χ1n) is 6.50. The van der Waals surface area contributed by atoms with Crippen LogP contribution in [0.1, 0.15) is 23.2 Å². The molecule has 112 valence electrons. The highest BCUT2D eigenvalue weighted by atomic mass is 79.9. The van der Waals surface area contributed by atoms with Crippen molar-refractivity contribution in [1.29, 1.82) is 0 Å². The van der Waals surface area contributed by atoms with Gasteiger partial charge < -0.3 is 10.2 Å². The van der Waals surface area contributed by atoms with Crippen molar-refractivity contribution >= 4 is 45.8 Å². The van der Waals surface area contributed by atoms with E-state index in [0.29, 0.717) is 16.5 Å². The lowest BCUT2D eigenvalue weighted by atomic mass is 9.97. The van der Waals surface area contributed by atoms with Gasteiger partial charge in [-0.3, -0.25) is 4.79 Å². The fourth-order valence-electron chi connectivity index (χ4n) is 2.54. The lowest BCUT2D eigenvalue weighted by molar-refractivity contribution is 0.0673. The van der Waals surface area contributed by atoms with Crippen LogP contribution < -0.4 is 5.32 Å². The Bertz CT molecular complexity index is 468. The van der Waals surface area contributed by atoms with Crippen LogP contribution in [-0.4, -0.2) is 37.5 Å². The Labute approximate surface area is 139 Å². The summed E-state index contributed by atoms with van der Waals surface area (Å²) in [5.74, 6) is 0.607. The minimum Gasteiger partial charge on any atom is -0.338 e. The van der Waals surface area contributed by atoms with Gasteiger partial charge in [-0.1, -0.05) is 11.6 Å². The van der Waals surface area contributed by atoms with Gasteiger partial charge in [0.15, 0.2) is 0 Å². The van der Waals surface area contributed by atoms with E-state index in [1.54, 1.807) is 12.1 Å². The molecule has 0 aromatic heterocycles. The second-order valence-corrected chi connectivity index (χ2v) is 6.23. The molecule has 1 aliphatic heterocycles. The average Bonchev–Trinajstić information content (AvgIpc) is 2.41. The van der Waals surface area contributed by atoms with Gasteiger partial charge in [0.25, 0.3) is 5.91 Å². The van der Waals surface area contributed by atoms with Crippen LogP contribution in [0.2, 0.25) is 5.02 Å². The predicted octanol–water partition coefficient (Wildman–Crippen LogP) is 3.60. The molecule has 1 aliphatic rings. The zero-order chi connectivity index (χ0) is 13.8. The number of hydrogen-bond donors (Lipinski definition) is 1. The summed E-state index contributed by atoms with van der Waals surface area (Å²) in [4.78, 5) is 14.5. The van der Waals surface area contributed by atoms with Crippen LogP contribution in [-0.2, 0) is 0 Å². The van der Waals surface area contributed by atoms with Crippen molar-refractivity contribution in [2.45, 2.75) is 12.8 Å². The Morgan fingerprint density at radius 1 is 1.55 bits per heavy atom. The van der Waals surface area contributed by atoms with Gasteiger partial charge in [0.1, 0.15) is 0 Å². The third-order valence-electron chi connectivity index (χ3n) is 3.46. The normalized spacial score (nSPS) is 18.6. The summed E-state index contributed by atoms with van der Waals surface area (Å²) < 4.78 is 0.803. The van der Waals surface area contributed by atoms with Crippen molar-refractivity contribution < 1.29 is 4.79 Å². The molecule has 6 heteroatoms.